The summed E-state index contributed by atoms with van der Waals surface area (Å²) in [7, 11) is 0. The standard InChI is InChI=1S/C12H20N2O3/c15-11-8-17-7-10(14-11)12(16)13-9-5-3-1-2-4-6-9/h9-10H,1-8H2,(H,13,16)(H,14,15). The zero-order chi connectivity index (χ0) is 12.1. The smallest absolute Gasteiger partial charge is 0.246 e. The molecular formula is C12H20N2O3. The molecule has 0 aromatic rings. The Morgan fingerprint density at radius 1 is 1.24 bits per heavy atom. The summed E-state index contributed by atoms with van der Waals surface area (Å²) in [4.78, 5) is 23.0. The van der Waals surface area contributed by atoms with Gasteiger partial charge in [0.05, 0.1) is 6.61 Å². The third-order valence-corrected chi connectivity index (χ3v) is 3.37. The highest BCUT2D eigenvalue weighted by Crippen LogP contribution is 2.17. The molecule has 1 aliphatic heterocycles. The first-order valence-corrected chi connectivity index (χ1v) is 6.43. The van der Waals surface area contributed by atoms with Gasteiger partial charge in [-0.05, 0) is 12.8 Å². The second-order valence-electron chi connectivity index (χ2n) is 4.83. The lowest BCUT2D eigenvalue weighted by Gasteiger charge is -2.25. The van der Waals surface area contributed by atoms with E-state index in [2.05, 4.69) is 10.6 Å². The molecule has 0 radical (unpaired) electrons. The summed E-state index contributed by atoms with van der Waals surface area (Å²) in [6, 6.07) is -0.247. The van der Waals surface area contributed by atoms with Crippen molar-refractivity contribution in [1.82, 2.24) is 10.6 Å². The molecule has 17 heavy (non-hydrogen) atoms. The van der Waals surface area contributed by atoms with Crippen LogP contribution in [-0.2, 0) is 14.3 Å². The Bertz CT molecular complexity index is 285. The highest BCUT2D eigenvalue weighted by atomic mass is 16.5. The molecule has 1 unspecified atom stereocenters. The Morgan fingerprint density at radius 2 is 1.94 bits per heavy atom. The maximum Gasteiger partial charge on any atom is 0.246 e. The molecular weight excluding hydrogens is 220 g/mol. The SMILES string of the molecule is O=C1COCC(C(=O)NC2CCCCCC2)N1. The van der Waals surface area contributed by atoms with Crippen molar-refractivity contribution >= 4 is 11.8 Å². The van der Waals surface area contributed by atoms with Crippen molar-refractivity contribution in [2.24, 2.45) is 0 Å². The monoisotopic (exact) mass is 240 g/mol. The van der Waals surface area contributed by atoms with Crippen molar-refractivity contribution in [3.8, 4) is 0 Å². The van der Waals surface area contributed by atoms with Crippen molar-refractivity contribution < 1.29 is 14.3 Å². The van der Waals surface area contributed by atoms with E-state index >= 15 is 0 Å². The average Bonchev–Trinajstić information content (AvgIpc) is 2.57. The molecule has 5 nitrogen and oxygen atoms in total. The minimum absolute atomic E-state index is 0.0627. The number of nitrogens with one attached hydrogen (secondary N) is 2. The van der Waals surface area contributed by atoms with Gasteiger partial charge in [-0.2, -0.15) is 0 Å². The normalized spacial score (nSPS) is 27.1. The van der Waals surface area contributed by atoms with Crippen LogP contribution >= 0.6 is 0 Å². The summed E-state index contributed by atoms with van der Waals surface area (Å²) in [5, 5.41) is 5.66. The minimum Gasteiger partial charge on any atom is -0.369 e. The number of rotatable bonds is 2. The molecule has 2 fully saturated rings. The third-order valence-electron chi connectivity index (χ3n) is 3.37. The van der Waals surface area contributed by atoms with E-state index in [1.165, 1.54) is 25.7 Å². The Morgan fingerprint density at radius 3 is 2.59 bits per heavy atom. The van der Waals surface area contributed by atoms with Gasteiger partial charge in [0.2, 0.25) is 11.8 Å². The van der Waals surface area contributed by atoms with Gasteiger partial charge in [0.25, 0.3) is 0 Å². The number of amides is 2. The van der Waals surface area contributed by atoms with Crippen LogP contribution in [0.1, 0.15) is 38.5 Å². The Hall–Kier alpha value is -1.10. The largest absolute Gasteiger partial charge is 0.369 e. The van der Waals surface area contributed by atoms with E-state index in [0.29, 0.717) is 0 Å². The molecule has 96 valence electrons. The second kappa shape index (κ2) is 6.00. The summed E-state index contributed by atoms with van der Waals surface area (Å²) in [6.45, 7) is 0.345. The van der Waals surface area contributed by atoms with E-state index in [4.69, 9.17) is 4.74 Å². The van der Waals surface area contributed by atoms with E-state index in [1.54, 1.807) is 0 Å². The van der Waals surface area contributed by atoms with Crippen LogP contribution in [0.5, 0.6) is 0 Å². The zero-order valence-electron chi connectivity index (χ0n) is 10.0. The molecule has 2 amide bonds. The summed E-state index contributed by atoms with van der Waals surface area (Å²) in [5.41, 5.74) is 0. The first-order valence-electron chi connectivity index (χ1n) is 6.43. The fraction of sp³-hybridized carbons (Fsp3) is 0.833. The predicted molar refractivity (Wildman–Crippen MR) is 62.4 cm³/mol. The molecule has 0 spiro atoms. The number of carbonyl (C=O) groups excluding carboxylic acids is 2. The molecule has 5 heteroatoms. The number of hydrogen-bond acceptors (Lipinski definition) is 3. The highest BCUT2D eigenvalue weighted by Gasteiger charge is 2.27. The van der Waals surface area contributed by atoms with Crippen LogP contribution in [0.15, 0.2) is 0 Å². The van der Waals surface area contributed by atoms with Crippen molar-refractivity contribution in [2.75, 3.05) is 13.2 Å². The quantitative estimate of drug-likeness (QED) is 0.684. The van der Waals surface area contributed by atoms with Crippen molar-refractivity contribution in [3.05, 3.63) is 0 Å². The molecule has 2 aliphatic rings. The molecule has 2 N–H and O–H groups in total. The summed E-state index contributed by atoms with van der Waals surface area (Å²) in [6.07, 6.45) is 6.97. The van der Waals surface area contributed by atoms with Gasteiger partial charge >= 0.3 is 0 Å². The minimum atomic E-state index is -0.514. The number of hydrogen-bond donors (Lipinski definition) is 2. The molecule has 1 atom stereocenters. The second-order valence-corrected chi connectivity index (χ2v) is 4.83. The fourth-order valence-electron chi connectivity index (χ4n) is 2.41. The van der Waals surface area contributed by atoms with Crippen LogP contribution in [0.4, 0.5) is 0 Å². The molecule has 2 rings (SSSR count). The predicted octanol–water partition coefficient (Wildman–Crippen LogP) is 0.340. The summed E-state index contributed by atoms with van der Waals surface area (Å²) in [5.74, 6) is -0.317. The molecule has 0 bridgehead atoms. The van der Waals surface area contributed by atoms with Crippen molar-refractivity contribution in [3.63, 3.8) is 0 Å². The lowest BCUT2D eigenvalue weighted by atomic mass is 10.1. The topological polar surface area (TPSA) is 67.4 Å². The lowest BCUT2D eigenvalue weighted by Crippen LogP contribution is -2.55. The van der Waals surface area contributed by atoms with Gasteiger partial charge < -0.3 is 15.4 Å². The number of morpholine rings is 1. The highest BCUT2D eigenvalue weighted by molar-refractivity contribution is 5.89. The summed E-state index contributed by atoms with van der Waals surface area (Å²) >= 11 is 0. The molecule has 1 saturated heterocycles. The van der Waals surface area contributed by atoms with E-state index in [-0.39, 0.29) is 31.1 Å². The number of ether oxygens (including phenoxy) is 1. The number of carbonyl (C=O) groups is 2. The van der Waals surface area contributed by atoms with E-state index < -0.39 is 6.04 Å². The Labute approximate surface area is 101 Å². The molecule has 0 aromatic heterocycles. The van der Waals surface area contributed by atoms with Gasteiger partial charge in [0.15, 0.2) is 0 Å². The zero-order valence-corrected chi connectivity index (χ0v) is 10.0. The molecule has 1 heterocycles. The molecule has 0 aromatic carbocycles. The average molecular weight is 240 g/mol. The summed E-state index contributed by atoms with van der Waals surface area (Å²) < 4.78 is 5.06. The maximum atomic E-state index is 11.9. The Balaban J connectivity index is 1.80. The van der Waals surface area contributed by atoms with Gasteiger partial charge in [0.1, 0.15) is 12.6 Å². The molecule has 1 saturated carbocycles. The van der Waals surface area contributed by atoms with Crippen LogP contribution in [0, 0.1) is 0 Å². The van der Waals surface area contributed by atoms with E-state index in [0.717, 1.165) is 12.8 Å². The van der Waals surface area contributed by atoms with Gasteiger partial charge in [-0.1, -0.05) is 25.7 Å². The van der Waals surface area contributed by atoms with Crippen LogP contribution in [0.25, 0.3) is 0 Å². The van der Waals surface area contributed by atoms with Crippen LogP contribution < -0.4 is 10.6 Å². The van der Waals surface area contributed by atoms with Gasteiger partial charge in [-0.3, -0.25) is 9.59 Å². The first kappa shape index (κ1) is 12.4. The van der Waals surface area contributed by atoms with Crippen LogP contribution in [0.3, 0.4) is 0 Å². The van der Waals surface area contributed by atoms with E-state index in [1.807, 2.05) is 0 Å². The van der Waals surface area contributed by atoms with Crippen molar-refractivity contribution in [2.45, 2.75) is 50.6 Å². The van der Waals surface area contributed by atoms with Crippen molar-refractivity contribution in [1.29, 1.82) is 0 Å². The van der Waals surface area contributed by atoms with Gasteiger partial charge in [0, 0.05) is 6.04 Å². The Kier molecular flexibility index (Phi) is 4.36. The first-order chi connectivity index (χ1) is 8.25. The van der Waals surface area contributed by atoms with Gasteiger partial charge in [-0.15, -0.1) is 0 Å². The molecule has 1 aliphatic carbocycles. The third kappa shape index (κ3) is 3.70. The van der Waals surface area contributed by atoms with Gasteiger partial charge in [-0.25, -0.2) is 0 Å². The fourth-order valence-corrected chi connectivity index (χ4v) is 2.41. The van der Waals surface area contributed by atoms with E-state index in [9.17, 15) is 9.59 Å². The lowest BCUT2D eigenvalue weighted by molar-refractivity contribution is -0.138. The van der Waals surface area contributed by atoms with Crippen LogP contribution in [-0.4, -0.2) is 37.1 Å². The van der Waals surface area contributed by atoms with Crippen LogP contribution in [0.2, 0.25) is 0 Å². The maximum absolute atomic E-state index is 11.9.